The minimum absolute atomic E-state index is 0.0169. The number of benzene rings is 2. The molecule has 1 N–H and O–H groups in total. The molecule has 35 heavy (non-hydrogen) atoms. The van der Waals surface area contributed by atoms with Crippen LogP contribution in [0.1, 0.15) is 23.0 Å². The van der Waals surface area contributed by atoms with Crippen LogP contribution in [0.4, 0.5) is 5.69 Å². The zero-order chi connectivity index (χ0) is 24.9. The van der Waals surface area contributed by atoms with Crippen molar-refractivity contribution in [1.29, 1.82) is 0 Å². The molecule has 1 aromatic heterocycles. The number of thioether (sulfide) groups is 1. The highest BCUT2D eigenvalue weighted by atomic mass is 32.2. The highest BCUT2D eigenvalue weighted by Crippen LogP contribution is 2.40. The van der Waals surface area contributed by atoms with Crippen LogP contribution in [0.15, 0.2) is 92.4 Å². The van der Waals surface area contributed by atoms with E-state index in [4.69, 9.17) is 9.15 Å². The molecule has 3 aromatic rings. The van der Waals surface area contributed by atoms with Gasteiger partial charge in [-0.2, -0.15) is 0 Å². The van der Waals surface area contributed by atoms with Gasteiger partial charge in [-0.15, -0.1) is 0 Å². The lowest BCUT2D eigenvalue weighted by Crippen LogP contribution is -2.14. The quantitative estimate of drug-likeness (QED) is 0.270. The second-order valence-corrected chi connectivity index (χ2v) is 8.18. The third-order valence-electron chi connectivity index (χ3n) is 4.86. The largest absolute Gasteiger partial charge is 0.506 e. The minimum Gasteiger partial charge on any atom is -0.506 e. The summed E-state index contributed by atoms with van der Waals surface area (Å²) in [5.74, 6) is -0.932. The van der Waals surface area contributed by atoms with Gasteiger partial charge in [0.1, 0.15) is 27.9 Å². The molecular formula is C25H18N2O7S. The average Bonchev–Trinajstić information content (AvgIpc) is 3.44. The highest BCUT2D eigenvalue weighted by Gasteiger charge is 2.34. The number of amides is 1. The second-order valence-electron chi connectivity index (χ2n) is 7.15. The molecule has 0 saturated carbocycles. The number of aliphatic hydroxyl groups is 1. The Bertz CT molecular complexity index is 1390. The van der Waals surface area contributed by atoms with E-state index >= 15 is 0 Å². The van der Waals surface area contributed by atoms with E-state index in [9.17, 15) is 24.8 Å². The number of ether oxygens (including phenoxy) is 1. The number of nitro groups is 1. The summed E-state index contributed by atoms with van der Waals surface area (Å²) in [6, 6.07) is 17.5. The van der Waals surface area contributed by atoms with E-state index in [-0.39, 0.29) is 33.6 Å². The van der Waals surface area contributed by atoms with Crippen LogP contribution in [-0.2, 0) is 9.53 Å². The van der Waals surface area contributed by atoms with E-state index < -0.39 is 16.8 Å². The molecule has 176 valence electrons. The number of carbonyl (C=O) groups excluding carboxylic acids is 2. The van der Waals surface area contributed by atoms with Gasteiger partial charge in [-0.25, -0.2) is 9.79 Å². The van der Waals surface area contributed by atoms with Gasteiger partial charge in [0.2, 0.25) is 0 Å². The fourth-order valence-corrected chi connectivity index (χ4v) is 4.18. The molecule has 0 bridgehead atoms. The van der Waals surface area contributed by atoms with Crippen molar-refractivity contribution in [2.45, 2.75) is 6.92 Å². The molecule has 2 heterocycles. The van der Waals surface area contributed by atoms with Crippen LogP contribution in [0.3, 0.4) is 0 Å². The molecule has 0 unspecified atom stereocenters. The van der Waals surface area contributed by atoms with Crippen LogP contribution >= 0.6 is 11.8 Å². The number of nitrogens with zero attached hydrogens (tertiary/aromatic N) is 2. The Labute approximate surface area is 203 Å². The van der Waals surface area contributed by atoms with Gasteiger partial charge < -0.3 is 14.3 Å². The van der Waals surface area contributed by atoms with Gasteiger partial charge in [0.05, 0.1) is 16.4 Å². The summed E-state index contributed by atoms with van der Waals surface area (Å²) in [4.78, 5) is 39.7. The normalized spacial score (nSPS) is 15.6. The van der Waals surface area contributed by atoms with E-state index in [1.807, 2.05) is 0 Å². The molecule has 1 amide bonds. The Morgan fingerprint density at radius 1 is 1.11 bits per heavy atom. The van der Waals surface area contributed by atoms with Gasteiger partial charge >= 0.3 is 5.97 Å². The van der Waals surface area contributed by atoms with Crippen molar-refractivity contribution >= 4 is 40.4 Å². The summed E-state index contributed by atoms with van der Waals surface area (Å²) < 4.78 is 10.8. The Morgan fingerprint density at radius 3 is 2.49 bits per heavy atom. The topological polar surface area (TPSA) is 132 Å². The number of aliphatic imine (C=N–C) groups is 1. The number of nitro benzene ring substituents is 1. The maximum atomic E-state index is 12.6. The van der Waals surface area contributed by atoms with E-state index in [0.717, 1.165) is 11.8 Å². The maximum absolute atomic E-state index is 12.6. The monoisotopic (exact) mass is 490 g/mol. The van der Waals surface area contributed by atoms with Crippen LogP contribution in [0.5, 0.6) is 0 Å². The molecule has 2 aromatic carbocycles. The Balaban J connectivity index is 1.65. The number of rotatable bonds is 6. The standard InChI is InChI=1S/C25H18N2O7S/c1-2-33-25(30)21-22(28)20(35-24(21)26-23(29)16-6-4-3-5-7-16)14-18-12-13-19(34-18)15-8-10-17(11-9-15)27(31)32/h3-14,28H,2H2,1H3/b20-14+,26-24?. The lowest BCUT2D eigenvalue weighted by molar-refractivity contribution is -0.384. The summed E-state index contributed by atoms with van der Waals surface area (Å²) in [5, 5.41) is 21.6. The molecule has 0 fully saturated rings. The first-order valence-electron chi connectivity index (χ1n) is 10.4. The number of aliphatic hydroxyl groups excluding tert-OH is 1. The number of non-ortho nitro benzene ring substituents is 1. The molecule has 0 atom stereocenters. The summed E-state index contributed by atoms with van der Waals surface area (Å²) in [6.45, 7) is 1.71. The fourth-order valence-electron chi connectivity index (χ4n) is 3.19. The van der Waals surface area contributed by atoms with Gasteiger partial charge in [0, 0.05) is 23.3 Å². The van der Waals surface area contributed by atoms with Crippen LogP contribution in [-0.4, -0.2) is 33.6 Å². The van der Waals surface area contributed by atoms with E-state index in [1.165, 1.54) is 18.2 Å². The van der Waals surface area contributed by atoms with Crippen LogP contribution in [0, 0.1) is 10.1 Å². The Hall–Kier alpha value is -4.44. The highest BCUT2D eigenvalue weighted by molar-refractivity contribution is 8.18. The molecule has 0 aliphatic carbocycles. The van der Waals surface area contributed by atoms with Crippen LogP contribution < -0.4 is 0 Å². The van der Waals surface area contributed by atoms with Gasteiger partial charge in [0.25, 0.3) is 11.6 Å². The van der Waals surface area contributed by atoms with Crippen LogP contribution in [0.25, 0.3) is 17.4 Å². The molecule has 10 heteroatoms. The zero-order valence-electron chi connectivity index (χ0n) is 18.3. The first kappa shape index (κ1) is 23.7. The Kier molecular flexibility index (Phi) is 6.93. The first-order chi connectivity index (χ1) is 16.9. The predicted octanol–water partition coefficient (Wildman–Crippen LogP) is 5.56. The van der Waals surface area contributed by atoms with Crippen molar-refractivity contribution < 1.29 is 28.8 Å². The molecule has 1 aliphatic rings. The van der Waals surface area contributed by atoms with Crippen molar-refractivity contribution in [2.24, 2.45) is 4.99 Å². The number of carbonyl (C=O) groups is 2. The third kappa shape index (κ3) is 5.22. The summed E-state index contributed by atoms with van der Waals surface area (Å²) >= 11 is 0.940. The fraction of sp³-hybridized carbons (Fsp3) is 0.0800. The number of esters is 1. The van der Waals surface area contributed by atoms with Crippen molar-refractivity contribution in [3.05, 3.63) is 104 Å². The van der Waals surface area contributed by atoms with E-state index in [0.29, 0.717) is 22.6 Å². The summed E-state index contributed by atoms with van der Waals surface area (Å²) in [7, 11) is 0. The second kappa shape index (κ2) is 10.2. The average molecular weight is 490 g/mol. The van der Waals surface area contributed by atoms with Crippen molar-refractivity contribution in [3.63, 3.8) is 0 Å². The number of hydrogen-bond donors (Lipinski definition) is 1. The lowest BCUT2D eigenvalue weighted by atomic mass is 10.1. The SMILES string of the molecule is CCOC(=O)C1=C(O)/C(=C\c2ccc(-c3ccc([N+](=O)[O-])cc3)o2)SC1=NC(=O)c1ccccc1. The molecule has 0 radical (unpaired) electrons. The number of furan rings is 1. The maximum Gasteiger partial charge on any atom is 0.344 e. The van der Waals surface area contributed by atoms with Gasteiger partial charge in [0.15, 0.2) is 0 Å². The van der Waals surface area contributed by atoms with Crippen LogP contribution in [0.2, 0.25) is 0 Å². The third-order valence-corrected chi connectivity index (χ3v) is 5.88. The van der Waals surface area contributed by atoms with Crippen molar-refractivity contribution in [2.75, 3.05) is 6.61 Å². The Morgan fingerprint density at radius 2 is 1.83 bits per heavy atom. The summed E-state index contributed by atoms with van der Waals surface area (Å²) in [5.41, 5.74) is 0.722. The van der Waals surface area contributed by atoms with Gasteiger partial charge in [-0.1, -0.05) is 30.0 Å². The molecular weight excluding hydrogens is 472 g/mol. The summed E-state index contributed by atoms with van der Waals surface area (Å²) in [6.07, 6.45) is 1.50. The smallest absolute Gasteiger partial charge is 0.344 e. The lowest BCUT2D eigenvalue weighted by Gasteiger charge is -2.03. The predicted molar refractivity (Wildman–Crippen MR) is 131 cm³/mol. The van der Waals surface area contributed by atoms with Crippen molar-refractivity contribution in [3.8, 4) is 11.3 Å². The first-order valence-corrected chi connectivity index (χ1v) is 11.2. The molecule has 9 nitrogen and oxygen atoms in total. The molecule has 4 rings (SSSR count). The molecule has 0 spiro atoms. The minimum atomic E-state index is -0.800. The van der Waals surface area contributed by atoms with E-state index in [1.54, 1.807) is 61.5 Å². The van der Waals surface area contributed by atoms with Gasteiger partial charge in [-0.05, 0) is 49.4 Å². The molecule has 1 aliphatic heterocycles. The number of hydrogen-bond acceptors (Lipinski definition) is 8. The molecule has 0 saturated heterocycles. The van der Waals surface area contributed by atoms with Gasteiger partial charge in [-0.3, -0.25) is 14.9 Å². The van der Waals surface area contributed by atoms with E-state index in [2.05, 4.69) is 4.99 Å². The zero-order valence-corrected chi connectivity index (χ0v) is 19.2. The van der Waals surface area contributed by atoms with Crippen molar-refractivity contribution in [1.82, 2.24) is 0 Å².